The number of rotatable bonds is 1. The molecule has 4 atom stereocenters. The third-order valence-electron chi connectivity index (χ3n) is 2.86. The van der Waals surface area contributed by atoms with Crippen LogP contribution in [0.1, 0.15) is 13.3 Å². The Balaban J connectivity index is 2.12. The predicted octanol–water partition coefficient (Wildman–Crippen LogP) is 1.74. The van der Waals surface area contributed by atoms with E-state index in [1.807, 2.05) is 0 Å². The van der Waals surface area contributed by atoms with E-state index in [-0.39, 0.29) is 5.92 Å². The van der Waals surface area contributed by atoms with Crippen LogP contribution in [0.4, 0.5) is 0 Å². The van der Waals surface area contributed by atoms with Gasteiger partial charge in [0, 0.05) is 5.92 Å². The Hall–Kier alpha value is -0.810. The first-order valence-corrected chi connectivity index (χ1v) is 4.51. The van der Waals surface area contributed by atoms with Crippen LogP contribution in [0, 0.1) is 29.1 Å². The minimum absolute atomic E-state index is 0.169. The van der Waals surface area contributed by atoms with E-state index in [9.17, 15) is 0 Å². The molecule has 1 aliphatic carbocycles. The zero-order valence-corrected chi connectivity index (χ0v) is 7.23. The van der Waals surface area contributed by atoms with Crippen LogP contribution < -0.4 is 0 Å². The fraction of sp³-hybridized carbons (Fsp3) is 0.700. The van der Waals surface area contributed by atoms with Gasteiger partial charge < -0.3 is 4.74 Å². The number of epoxide rings is 1. The van der Waals surface area contributed by atoms with Gasteiger partial charge in [0.2, 0.25) is 0 Å². The first-order chi connectivity index (χ1) is 5.83. The van der Waals surface area contributed by atoms with Crippen LogP contribution in [0.5, 0.6) is 0 Å². The molecule has 2 rings (SSSR count). The monoisotopic (exact) mass is 163 g/mol. The van der Waals surface area contributed by atoms with Gasteiger partial charge in [-0.2, -0.15) is 5.26 Å². The average Bonchev–Trinajstić information content (AvgIpc) is 2.86. The van der Waals surface area contributed by atoms with Crippen molar-refractivity contribution in [3.63, 3.8) is 0 Å². The van der Waals surface area contributed by atoms with Crippen molar-refractivity contribution in [2.45, 2.75) is 19.4 Å². The second-order valence-corrected chi connectivity index (χ2v) is 3.71. The lowest BCUT2D eigenvalue weighted by molar-refractivity contribution is 0.246. The largest absolute Gasteiger partial charge is 0.373 e. The second-order valence-electron chi connectivity index (χ2n) is 3.71. The van der Waals surface area contributed by atoms with Gasteiger partial charge >= 0.3 is 0 Å². The third kappa shape index (κ3) is 1.25. The molecule has 1 heterocycles. The molecule has 12 heavy (non-hydrogen) atoms. The highest BCUT2D eigenvalue weighted by atomic mass is 16.6. The van der Waals surface area contributed by atoms with Gasteiger partial charge in [0.15, 0.2) is 0 Å². The van der Waals surface area contributed by atoms with Gasteiger partial charge in [0.1, 0.15) is 0 Å². The first-order valence-electron chi connectivity index (χ1n) is 4.51. The number of allylic oxidation sites excluding steroid dienone is 2. The molecule has 0 bridgehead atoms. The molecule has 1 fully saturated rings. The smallest absolute Gasteiger partial charge is 0.0853 e. The van der Waals surface area contributed by atoms with Crippen LogP contribution in [0.3, 0.4) is 0 Å². The van der Waals surface area contributed by atoms with E-state index in [4.69, 9.17) is 10.00 Å². The summed E-state index contributed by atoms with van der Waals surface area (Å²) >= 11 is 0. The van der Waals surface area contributed by atoms with E-state index in [0.717, 1.165) is 13.0 Å². The summed E-state index contributed by atoms with van der Waals surface area (Å²) in [4.78, 5) is 0. The van der Waals surface area contributed by atoms with Crippen LogP contribution in [0.2, 0.25) is 0 Å². The summed E-state index contributed by atoms with van der Waals surface area (Å²) in [5, 5.41) is 8.97. The zero-order chi connectivity index (χ0) is 8.55. The molecule has 0 amide bonds. The lowest BCUT2D eigenvalue weighted by Gasteiger charge is -2.26. The Labute approximate surface area is 72.8 Å². The minimum Gasteiger partial charge on any atom is -0.373 e. The lowest BCUT2D eigenvalue weighted by Crippen LogP contribution is -2.26. The number of hydrogen-bond acceptors (Lipinski definition) is 2. The minimum atomic E-state index is 0.169. The summed E-state index contributed by atoms with van der Waals surface area (Å²) in [5.74, 6) is 1.02. The normalized spacial score (nSPS) is 45.3. The maximum atomic E-state index is 8.97. The molecule has 2 aliphatic rings. The van der Waals surface area contributed by atoms with E-state index in [0.29, 0.717) is 17.9 Å². The van der Waals surface area contributed by atoms with Crippen molar-refractivity contribution < 1.29 is 4.74 Å². The average molecular weight is 163 g/mol. The zero-order valence-electron chi connectivity index (χ0n) is 7.23. The maximum Gasteiger partial charge on any atom is 0.0853 e. The van der Waals surface area contributed by atoms with E-state index in [2.05, 4.69) is 25.1 Å². The molecule has 2 nitrogen and oxygen atoms in total. The van der Waals surface area contributed by atoms with Crippen molar-refractivity contribution in [2.24, 2.45) is 17.8 Å². The molecule has 0 aromatic heterocycles. The summed E-state index contributed by atoms with van der Waals surface area (Å²) in [6, 6.07) is 2.39. The Morgan fingerprint density at radius 3 is 2.92 bits per heavy atom. The molecule has 1 saturated heterocycles. The van der Waals surface area contributed by atoms with E-state index >= 15 is 0 Å². The standard InChI is InChI=1S/C10H13NO/c1-7-3-2-4-8(9(7)5-11)10-6-12-10/h2-3,7-10H,4,6H2,1H3/t7-,8+,9-,10-/m1/s1. The summed E-state index contributed by atoms with van der Waals surface area (Å²) < 4.78 is 5.24. The molecule has 1 aliphatic heterocycles. The van der Waals surface area contributed by atoms with Crippen LogP contribution in [-0.4, -0.2) is 12.7 Å². The number of nitrogens with zero attached hydrogens (tertiary/aromatic N) is 1. The highest BCUT2D eigenvalue weighted by molar-refractivity contribution is 5.09. The molecular weight excluding hydrogens is 150 g/mol. The highest BCUT2D eigenvalue weighted by Gasteiger charge is 2.40. The molecule has 0 saturated carbocycles. The van der Waals surface area contributed by atoms with Crippen molar-refractivity contribution in [3.8, 4) is 6.07 Å². The topological polar surface area (TPSA) is 36.3 Å². The molecule has 2 heteroatoms. The molecule has 0 spiro atoms. The molecule has 0 aromatic carbocycles. The lowest BCUT2D eigenvalue weighted by atomic mass is 9.76. The summed E-state index contributed by atoms with van der Waals surface area (Å²) in [5.41, 5.74) is 0. The van der Waals surface area contributed by atoms with Gasteiger partial charge in [0.25, 0.3) is 0 Å². The van der Waals surface area contributed by atoms with E-state index in [1.165, 1.54) is 0 Å². The Morgan fingerprint density at radius 2 is 2.33 bits per heavy atom. The number of ether oxygens (including phenoxy) is 1. The van der Waals surface area contributed by atoms with Crippen molar-refractivity contribution in [1.82, 2.24) is 0 Å². The molecular formula is C10H13NO. The molecule has 0 unspecified atom stereocenters. The van der Waals surface area contributed by atoms with Crippen molar-refractivity contribution >= 4 is 0 Å². The Kier molecular flexibility index (Phi) is 1.90. The first kappa shape index (κ1) is 7.82. The van der Waals surface area contributed by atoms with Crippen LogP contribution >= 0.6 is 0 Å². The predicted molar refractivity (Wildman–Crippen MR) is 45.3 cm³/mol. The van der Waals surface area contributed by atoms with Gasteiger partial charge in [-0.15, -0.1) is 0 Å². The van der Waals surface area contributed by atoms with Gasteiger partial charge in [-0.3, -0.25) is 0 Å². The van der Waals surface area contributed by atoms with Crippen LogP contribution in [0.15, 0.2) is 12.2 Å². The molecule has 0 N–H and O–H groups in total. The second kappa shape index (κ2) is 2.91. The van der Waals surface area contributed by atoms with Gasteiger partial charge in [0.05, 0.1) is 24.7 Å². The van der Waals surface area contributed by atoms with E-state index < -0.39 is 0 Å². The molecule has 0 aromatic rings. The molecule has 0 radical (unpaired) electrons. The fourth-order valence-corrected chi connectivity index (χ4v) is 2.01. The third-order valence-corrected chi connectivity index (χ3v) is 2.86. The maximum absolute atomic E-state index is 8.97. The number of nitriles is 1. The highest BCUT2D eigenvalue weighted by Crippen LogP contribution is 2.37. The SMILES string of the molecule is C[C@@H]1C=CC[C@H]([C@H]2CO2)[C@@H]1C#N. The fourth-order valence-electron chi connectivity index (χ4n) is 2.01. The Bertz CT molecular complexity index is 237. The number of hydrogen-bond donors (Lipinski definition) is 0. The van der Waals surface area contributed by atoms with Crippen molar-refractivity contribution in [1.29, 1.82) is 5.26 Å². The quantitative estimate of drug-likeness (QED) is 0.436. The summed E-state index contributed by atoms with van der Waals surface area (Å²) in [6.45, 7) is 2.97. The van der Waals surface area contributed by atoms with Gasteiger partial charge in [-0.1, -0.05) is 19.1 Å². The van der Waals surface area contributed by atoms with Crippen molar-refractivity contribution in [3.05, 3.63) is 12.2 Å². The van der Waals surface area contributed by atoms with Crippen molar-refractivity contribution in [2.75, 3.05) is 6.61 Å². The summed E-state index contributed by atoms with van der Waals surface area (Å²) in [6.07, 6.45) is 5.73. The van der Waals surface area contributed by atoms with Crippen LogP contribution in [0.25, 0.3) is 0 Å². The van der Waals surface area contributed by atoms with E-state index in [1.54, 1.807) is 0 Å². The molecule has 64 valence electrons. The van der Waals surface area contributed by atoms with Gasteiger partial charge in [-0.05, 0) is 12.3 Å². The van der Waals surface area contributed by atoms with Crippen LogP contribution in [-0.2, 0) is 4.74 Å². The summed E-state index contributed by atoms with van der Waals surface area (Å²) in [7, 11) is 0. The van der Waals surface area contributed by atoms with Gasteiger partial charge in [-0.25, -0.2) is 0 Å². The Morgan fingerprint density at radius 1 is 1.58 bits per heavy atom.